The number of carbonyl (C=O) groups excluding carboxylic acids is 2. The Morgan fingerprint density at radius 2 is 1.59 bits per heavy atom. The molecule has 3 aromatic rings. The van der Waals surface area contributed by atoms with Crippen molar-refractivity contribution in [3.8, 4) is 5.75 Å². The number of hydrogen-bond donors (Lipinski definition) is 0. The van der Waals surface area contributed by atoms with Crippen LogP contribution < -0.4 is 4.74 Å². The maximum atomic E-state index is 12.2. The van der Waals surface area contributed by atoms with Crippen molar-refractivity contribution in [1.29, 1.82) is 0 Å². The predicted octanol–water partition coefficient (Wildman–Crippen LogP) is 4.10. The van der Waals surface area contributed by atoms with Gasteiger partial charge in [-0.25, -0.2) is 4.79 Å². The normalized spacial score (nSPS) is 10.2. The third-order valence-electron chi connectivity index (χ3n) is 4.01. The lowest BCUT2D eigenvalue weighted by Gasteiger charge is -2.08. The van der Waals surface area contributed by atoms with E-state index in [1.165, 1.54) is 24.3 Å². The topological polar surface area (TPSA) is 95.7 Å². The zero-order valence-electron chi connectivity index (χ0n) is 15.3. The Morgan fingerprint density at radius 3 is 2.28 bits per heavy atom. The molecular weight excluding hydrogens is 374 g/mol. The van der Waals surface area contributed by atoms with Crippen LogP contribution in [0.4, 0.5) is 5.69 Å². The first-order valence-electron chi connectivity index (χ1n) is 8.76. The van der Waals surface area contributed by atoms with E-state index in [9.17, 15) is 19.7 Å². The minimum atomic E-state index is -0.504. The van der Waals surface area contributed by atoms with Gasteiger partial charge in [-0.1, -0.05) is 42.5 Å². The van der Waals surface area contributed by atoms with E-state index in [0.29, 0.717) is 22.4 Å². The molecule has 7 heteroatoms. The zero-order valence-corrected chi connectivity index (χ0v) is 15.3. The van der Waals surface area contributed by atoms with Crippen LogP contribution in [0, 0.1) is 10.1 Å². The number of nitrogens with zero attached hydrogens (tertiary/aromatic N) is 1. The molecule has 146 valence electrons. The zero-order chi connectivity index (χ0) is 20.6. The van der Waals surface area contributed by atoms with Crippen LogP contribution in [0.2, 0.25) is 0 Å². The lowest BCUT2D eigenvalue weighted by atomic mass is 10.1. The Hall–Kier alpha value is -4.00. The summed E-state index contributed by atoms with van der Waals surface area (Å²) in [6.07, 6.45) is -0.00622. The molecular formula is C22H17NO6. The average molecular weight is 391 g/mol. The third kappa shape index (κ3) is 5.74. The summed E-state index contributed by atoms with van der Waals surface area (Å²) >= 11 is 0. The first-order valence-corrected chi connectivity index (χ1v) is 8.76. The fourth-order valence-electron chi connectivity index (χ4n) is 2.56. The van der Waals surface area contributed by atoms with Crippen LogP contribution in [0.3, 0.4) is 0 Å². The molecule has 0 saturated heterocycles. The van der Waals surface area contributed by atoms with Gasteiger partial charge in [-0.3, -0.25) is 14.9 Å². The van der Waals surface area contributed by atoms with Crippen molar-refractivity contribution in [1.82, 2.24) is 0 Å². The predicted molar refractivity (Wildman–Crippen MR) is 104 cm³/mol. The van der Waals surface area contributed by atoms with Gasteiger partial charge < -0.3 is 9.47 Å². The molecule has 0 bridgehead atoms. The molecule has 3 rings (SSSR count). The second-order valence-electron chi connectivity index (χ2n) is 6.16. The summed E-state index contributed by atoms with van der Waals surface area (Å²) in [7, 11) is 0. The Kier molecular flexibility index (Phi) is 6.32. The highest BCUT2D eigenvalue weighted by Gasteiger charge is 2.11. The van der Waals surface area contributed by atoms with Crippen molar-refractivity contribution in [3.63, 3.8) is 0 Å². The first kappa shape index (κ1) is 19.8. The molecule has 0 atom stereocenters. The summed E-state index contributed by atoms with van der Waals surface area (Å²) in [4.78, 5) is 34.4. The molecule has 0 amide bonds. The number of nitro groups is 1. The van der Waals surface area contributed by atoms with Gasteiger partial charge in [0, 0.05) is 12.1 Å². The second kappa shape index (κ2) is 9.27. The van der Waals surface area contributed by atoms with Crippen molar-refractivity contribution >= 4 is 17.6 Å². The van der Waals surface area contributed by atoms with E-state index in [4.69, 9.17) is 9.47 Å². The largest absolute Gasteiger partial charge is 0.461 e. The van der Waals surface area contributed by atoms with Crippen molar-refractivity contribution in [2.24, 2.45) is 0 Å². The Morgan fingerprint density at radius 1 is 0.862 bits per heavy atom. The van der Waals surface area contributed by atoms with Gasteiger partial charge >= 0.3 is 11.9 Å². The van der Waals surface area contributed by atoms with Crippen molar-refractivity contribution in [2.75, 3.05) is 0 Å². The molecule has 0 spiro atoms. The summed E-state index contributed by atoms with van der Waals surface area (Å²) in [5.74, 6) is -0.538. The number of rotatable bonds is 7. The van der Waals surface area contributed by atoms with Crippen molar-refractivity contribution in [3.05, 3.63) is 106 Å². The molecule has 0 unspecified atom stereocenters. The van der Waals surface area contributed by atoms with E-state index in [1.54, 1.807) is 48.5 Å². The van der Waals surface area contributed by atoms with E-state index in [0.717, 1.165) is 0 Å². The Bertz CT molecular complexity index is 1010. The smallest absolute Gasteiger partial charge is 0.343 e. The highest BCUT2D eigenvalue weighted by atomic mass is 16.6. The molecule has 29 heavy (non-hydrogen) atoms. The van der Waals surface area contributed by atoms with Gasteiger partial charge in [-0.05, 0) is 35.4 Å². The minimum Gasteiger partial charge on any atom is -0.461 e. The lowest BCUT2D eigenvalue weighted by Crippen LogP contribution is -2.10. The lowest BCUT2D eigenvalue weighted by molar-refractivity contribution is -0.384. The molecule has 0 fully saturated rings. The summed E-state index contributed by atoms with van der Waals surface area (Å²) in [6, 6.07) is 21.1. The minimum absolute atomic E-state index is 0.00171. The van der Waals surface area contributed by atoms with Crippen LogP contribution in [0.1, 0.15) is 21.5 Å². The Labute approximate surface area is 166 Å². The maximum absolute atomic E-state index is 12.2. The van der Waals surface area contributed by atoms with E-state index in [-0.39, 0.29) is 18.7 Å². The van der Waals surface area contributed by atoms with Crippen LogP contribution in [0.15, 0.2) is 78.9 Å². The molecule has 0 N–H and O–H groups in total. The van der Waals surface area contributed by atoms with Gasteiger partial charge in [-0.2, -0.15) is 0 Å². The summed E-state index contributed by atoms with van der Waals surface area (Å²) in [5, 5.41) is 10.7. The molecule has 0 aliphatic heterocycles. The van der Waals surface area contributed by atoms with E-state index in [1.807, 2.05) is 6.07 Å². The van der Waals surface area contributed by atoms with E-state index >= 15 is 0 Å². The fourth-order valence-corrected chi connectivity index (χ4v) is 2.56. The fraction of sp³-hybridized carbons (Fsp3) is 0.0909. The monoisotopic (exact) mass is 391 g/mol. The van der Waals surface area contributed by atoms with Gasteiger partial charge in [0.15, 0.2) is 0 Å². The molecule has 0 heterocycles. The molecule has 0 aliphatic rings. The van der Waals surface area contributed by atoms with Crippen LogP contribution in [-0.4, -0.2) is 16.9 Å². The van der Waals surface area contributed by atoms with Crippen LogP contribution in [0.25, 0.3) is 0 Å². The highest BCUT2D eigenvalue weighted by molar-refractivity contribution is 5.91. The quantitative estimate of drug-likeness (QED) is 0.260. The Balaban J connectivity index is 1.55. The number of esters is 2. The number of nitro benzene ring substituents is 1. The summed E-state index contributed by atoms with van der Waals surface area (Å²) < 4.78 is 10.5. The number of non-ortho nitro benzene ring substituents is 1. The van der Waals surface area contributed by atoms with Gasteiger partial charge in [-0.15, -0.1) is 0 Å². The van der Waals surface area contributed by atoms with E-state index < -0.39 is 16.9 Å². The standard InChI is InChI=1S/C22H17NO6/c24-21(14-16-9-11-19(12-10-16)23(26)27)28-15-17-5-4-6-18(13-17)22(25)29-20-7-2-1-3-8-20/h1-13H,14-15H2. The SMILES string of the molecule is O=C(Cc1ccc([N+](=O)[O-])cc1)OCc1cccc(C(=O)Oc2ccccc2)c1. The highest BCUT2D eigenvalue weighted by Crippen LogP contribution is 2.15. The number of carbonyl (C=O) groups is 2. The molecule has 0 aliphatic carbocycles. The average Bonchev–Trinajstić information content (AvgIpc) is 2.73. The molecule has 0 radical (unpaired) electrons. The van der Waals surface area contributed by atoms with Gasteiger partial charge in [0.2, 0.25) is 0 Å². The summed E-state index contributed by atoms with van der Waals surface area (Å²) in [5.41, 5.74) is 1.56. The number of hydrogen-bond acceptors (Lipinski definition) is 6. The van der Waals surface area contributed by atoms with Gasteiger partial charge in [0.05, 0.1) is 16.9 Å². The van der Waals surface area contributed by atoms with Crippen LogP contribution >= 0.6 is 0 Å². The maximum Gasteiger partial charge on any atom is 0.343 e. The van der Waals surface area contributed by atoms with Crippen LogP contribution in [-0.2, 0) is 22.6 Å². The molecule has 3 aromatic carbocycles. The van der Waals surface area contributed by atoms with E-state index in [2.05, 4.69) is 0 Å². The number of ether oxygens (including phenoxy) is 2. The van der Waals surface area contributed by atoms with Crippen molar-refractivity contribution < 1.29 is 24.0 Å². The van der Waals surface area contributed by atoms with Gasteiger partial charge in [0.25, 0.3) is 5.69 Å². The third-order valence-corrected chi connectivity index (χ3v) is 4.01. The number of benzene rings is 3. The van der Waals surface area contributed by atoms with Gasteiger partial charge in [0.1, 0.15) is 12.4 Å². The summed E-state index contributed by atoms with van der Waals surface area (Å²) in [6.45, 7) is -0.00171. The first-order chi connectivity index (χ1) is 14.0. The van der Waals surface area contributed by atoms with Crippen LogP contribution in [0.5, 0.6) is 5.75 Å². The van der Waals surface area contributed by atoms with Crippen molar-refractivity contribution in [2.45, 2.75) is 13.0 Å². The molecule has 0 saturated carbocycles. The second-order valence-corrected chi connectivity index (χ2v) is 6.16. The molecule has 0 aromatic heterocycles. The number of para-hydroxylation sites is 1. The molecule has 7 nitrogen and oxygen atoms in total.